The highest BCUT2D eigenvalue weighted by molar-refractivity contribution is 9.10. The van der Waals surface area contributed by atoms with Gasteiger partial charge in [0.15, 0.2) is 0 Å². The van der Waals surface area contributed by atoms with Crippen LogP contribution in [-0.4, -0.2) is 38.5 Å². The molecule has 0 spiro atoms. The van der Waals surface area contributed by atoms with Crippen LogP contribution < -0.4 is 0 Å². The Morgan fingerprint density at radius 1 is 1.30 bits per heavy atom. The fourth-order valence-corrected chi connectivity index (χ4v) is 4.59. The molecule has 1 aromatic heterocycles. The Morgan fingerprint density at radius 2 is 2.00 bits per heavy atom. The molecular weight excluding hydrogens is 360 g/mol. The SMILES string of the molecule is CC(C)n1cc(Br)cc1C(=O)N1C(C(=O)O)CC2CCCCC21. The smallest absolute Gasteiger partial charge is 0.326 e. The highest BCUT2D eigenvalue weighted by Gasteiger charge is 2.48. The summed E-state index contributed by atoms with van der Waals surface area (Å²) in [4.78, 5) is 26.5. The topological polar surface area (TPSA) is 62.5 Å². The number of aliphatic carboxylic acids is 1. The summed E-state index contributed by atoms with van der Waals surface area (Å²) in [6.45, 7) is 4.04. The molecular formula is C17H23BrN2O3. The summed E-state index contributed by atoms with van der Waals surface area (Å²) in [5.41, 5.74) is 0.573. The number of carbonyl (C=O) groups is 2. The van der Waals surface area contributed by atoms with Crippen molar-refractivity contribution in [1.29, 1.82) is 0 Å². The van der Waals surface area contributed by atoms with Gasteiger partial charge < -0.3 is 14.6 Å². The number of halogens is 1. The second-order valence-corrected chi connectivity index (χ2v) is 7.87. The van der Waals surface area contributed by atoms with Gasteiger partial charge in [0.2, 0.25) is 0 Å². The highest BCUT2D eigenvalue weighted by atomic mass is 79.9. The molecule has 126 valence electrons. The lowest BCUT2D eigenvalue weighted by Gasteiger charge is -2.33. The van der Waals surface area contributed by atoms with Crippen LogP contribution in [0.3, 0.4) is 0 Å². The molecule has 1 saturated carbocycles. The van der Waals surface area contributed by atoms with Crippen LogP contribution in [0.25, 0.3) is 0 Å². The molecule has 23 heavy (non-hydrogen) atoms. The summed E-state index contributed by atoms with van der Waals surface area (Å²) in [6, 6.07) is 1.34. The molecule has 5 nitrogen and oxygen atoms in total. The quantitative estimate of drug-likeness (QED) is 0.866. The van der Waals surface area contributed by atoms with Crippen molar-refractivity contribution in [1.82, 2.24) is 9.47 Å². The molecule has 2 fully saturated rings. The number of carbonyl (C=O) groups excluding carboxylic acids is 1. The van der Waals surface area contributed by atoms with Gasteiger partial charge in [-0.05, 0) is 61.0 Å². The van der Waals surface area contributed by atoms with Crippen LogP contribution in [0.4, 0.5) is 0 Å². The highest BCUT2D eigenvalue weighted by Crippen LogP contribution is 2.41. The first-order valence-corrected chi connectivity index (χ1v) is 9.12. The van der Waals surface area contributed by atoms with Gasteiger partial charge in [0.25, 0.3) is 5.91 Å². The third-order valence-corrected chi connectivity index (χ3v) is 5.63. The zero-order chi connectivity index (χ0) is 16.7. The Balaban J connectivity index is 1.97. The summed E-state index contributed by atoms with van der Waals surface area (Å²) in [7, 11) is 0. The predicted molar refractivity (Wildman–Crippen MR) is 90.5 cm³/mol. The summed E-state index contributed by atoms with van der Waals surface area (Å²) >= 11 is 3.43. The lowest BCUT2D eigenvalue weighted by molar-refractivity contribution is -0.141. The molecule has 1 aliphatic carbocycles. The van der Waals surface area contributed by atoms with Crippen LogP contribution in [0.1, 0.15) is 62.5 Å². The van der Waals surface area contributed by atoms with E-state index >= 15 is 0 Å². The number of likely N-dealkylation sites (tertiary alicyclic amines) is 1. The van der Waals surface area contributed by atoms with Gasteiger partial charge >= 0.3 is 5.97 Å². The van der Waals surface area contributed by atoms with Crippen LogP contribution >= 0.6 is 15.9 Å². The van der Waals surface area contributed by atoms with E-state index in [0.29, 0.717) is 18.0 Å². The van der Waals surface area contributed by atoms with Crippen molar-refractivity contribution in [3.8, 4) is 0 Å². The number of amides is 1. The minimum atomic E-state index is -0.880. The van der Waals surface area contributed by atoms with Crippen LogP contribution in [0.5, 0.6) is 0 Å². The standard InChI is InChI=1S/C17H23BrN2O3/c1-10(2)19-9-12(18)8-14(19)16(21)20-13-6-4-3-5-11(13)7-15(20)17(22)23/h8-11,13,15H,3-7H2,1-2H3,(H,22,23). The Hall–Kier alpha value is -1.30. The lowest BCUT2D eigenvalue weighted by Crippen LogP contribution is -2.46. The van der Waals surface area contributed by atoms with E-state index in [1.54, 1.807) is 11.0 Å². The molecule has 1 aromatic rings. The number of hydrogen-bond donors (Lipinski definition) is 1. The second kappa shape index (κ2) is 6.30. The van der Waals surface area contributed by atoms with Gasteiger partial charge in [0.05, 0.1) is 0 Å². The lowest BCUT2D eigenvalue weighted by atomic mass is 9.84. The molecule has 2 heterocycles. The van der Waals surface area contributed by atoms with Crippen LogP contribution in [0, 0.1) is 5.92 Å². The van der Waals surface area contributed by atoms with Crippen molar-refractivity contribution in [2.75, 3.05) is 0 Å². The number of hydrogen-bond acceptors (Lipinski definition) is 2. The Kier molecular flexibility index (Phi) is 4.54. The fraction of sp³-hybridized carbons (Fsp3) is 0.647. The van der Waals surface area contributed by atoms with E-state index in [1.165, 1.54) is 0 Å². The van der Waals surface area contributed by atoms with Crippen molar-refractivity contribution in [3.63, 3.8) is 0 Å². The van der Waals surface area contributed by atoms with E-state index in [-0.39, 0.29) is 18.0 Å². The molecule has 3 atom stereocenters. The van der Waals surface area contributed by atoms with Gasteiger partial charge in [0.1, 0.15) is 11.7 Å². The van der Waals surface area contributed by atoms with E-state index in [2.05, 4.69) is 15.9 Å². The number of rotatable bonds is 3. The van der Waals surface area contributed by atoms with Crippen molar-refractivity contribution in [3.05, 3.63) is 22.4 Å². The van der Waals surface area contributed by atoms with Gasteiger partial charge in [-0.3, -0.25) is 4.79 Å². The first kappa shape index (κ1) is 16.6. The van der Waals surface area contributed by atoms with E-state index < -0.39 is 12.0 Å². The molecule has 0 radical (unpaired) electrons. The molecule has 1 saturated heterocycles. The largest absolute Gasteiger partial charge is 0.480 e. The van der Waals surface area contributed by atoms with Crippen LogP contribution in [-0.2, 0) is 4.79 Å². The van der Waals surface area contributed by atoms with E-state index in [4.69, 9.17) is 0 Å². The van der Waals surface area contributed by atoms with Gasteiger partial charge in [-0.25, -0.2) is 4.79 Å². The average Bonchev–Trinajstić information content (AvgIpc) is 3.07. The first-order chi connectivity index (χ1) is 10.9. The maximum Gasteiger partial charge on any atom is 0.326 e. The van der Waals surface area contributed by atoms with E-state index in [0.717, 1.165) is 30.2 Å². The normalized spacial score (nSPS) is 27.3. The van der Waals surface area contributed by atoms with Gasteiger partial charge in [-0.1, -0.05) is 12.8 Å². The molecule has 1 amide bonds. The maximum absolute atomic E-state index is 13.2. The summed E-state index contributed by atoms with van der Waals surface area (Å²) in [5.74, 6) is -0.694. The monoisotopic (exact) mass is 382 g/mol. The summed E-state index contributed by atoms with van der Waals surface area (Å²) in [5, 5.41) is 9.60. The molecule has 3 rings (SSSR count). The number of carboxylic acids is 1. The molecule has 2 aliphatic rings. The van der Waals surface area contributed by atoms with Crippen molar-refractivity contribution >= 4 is 27.8 Å². The van der Waals surface area contributed by atoms with E-state index in [9.17, 15) is 14.7 Å². The minimum absolute atomic E-state index is 0.0756. The third-order valence-electron chi connectivity index (χ3n) is 5.20. The molecule has 3 unspecified atom stereocenters. The Labute approximate surface area is 144 Å². The Morgan fingerprint density at radius 3 is 2.65 bits per heavy atom. The maximum atomic E-state index is 13.2. The van der Waals surface area contributed by atoms with Crippen molar-refractivity contribution in [2.45, 2.75) is 64.1 Å². The van der Waals surface area contributed by atoms with Gasteiger partial charge in [-0.15, -0.1) is 0 Å². The number of nitrogens with zero attached hydrogens (tertiary/aromatic N) is 2. The van der Waals surface area contributed by atoms with Crippen LogP contribution in [0.15, 0.2) is 16.7 Å². The summed E-state index contributed by atoms with van der Waals surface area (Å²) in [6.07, 6.45) is 6.66. The zero-order valence-corrected chi connectivity index (χ0v) is 15.1. The average molecular weight is 383 g/mol. The molecule has 0 aromatic carbocycles. The van der Waals surface area contributed by atoms with Gasteiger partial charge in [-0.2, -0.15) is 0 Å². The molecule has 6 heteroatoms. The van der Waals surface area contributed by atoms with E-state index in [1.807, 2.05) is 24.6 Å². The summed E-state index contributed by atoms with van der Waals surface area (Å²) < 4.78 is 2.77. The van der Waals surface area contributed by atoms with Gasteiger partial charge in [0, 0.05) is 22.8 Å². The third kappa shape index (κ3) is 2.93. The van der Waals surface area contributed by atoms with Crippen molar-refractivity contribution in [2.24, 2.45) is 5.92 Å². The second-order valence-electron chi connectivity index (χ2n) is 6.96. The Bertz CT molecular complexity index is 625. The number of aromatic nitrogens is 1. The fourth-order valence-electron chi connectivity index (χ4n) is 4.15. The van der Waals surface area contributed by atoms with Crippen LogP contribution in [0.2, 0.25) is 0 Å². The molecule has 1 N–H and O–H groups in total. The first-order valence-electron chi connectivity index (χ1n) is 8.33. The zero-order valence-electron chi connectivity index (χ0n) is 13.5. The molecule has 0 bridgehead atoms. The number of fused-ring (bicyclic) bond motifs is 1. The number of carboxylic acid groups (broad SMARTS) is 1. The minimum Gasteiger partial charge on any atom is -0.480 e. The molecule has 1 aliphatic heterocycles. The predicted octanol–water partition coefficient (Wildman–Crippen LogP) is 3.69. The van der Waals surface area contributed by atoms with Crippen molar-refractivity contribution < 1.29 is 14.7 Å².